The monoisotopic (exact) mass is 595 g/mol. The number of aromatic nitrogens is 4. The maximum Gasteiger partial charge on any atom is 0.210 e. The third kappa shape index (κ3) is 5.15. The average Bonchev–Trinajstić information content (AvgIpc) is 3.76. The summed E-state index contributed by atoms with van der Waals surface area (Å²) in [7, 11) is 0. The van der Waals surface area contributed by atoms with Crippen LogP contribution in [0.4, 0.5) is 10.1 Å². The molecular weight excluding hydrogens is 565 g/mol. The lowest BCUT2D eigenvalue weighted by Crippen LogP contribution is -2.39. The van der Waals surface area contributed by atoms with Crippen LogP contribution in [0.5, 0.6) is 5.75 Å². The van der Waals surface area contributed by atoms with E-state index in [4.69, 9.17) is 26.2 Å². The SMILES string of the molecule is Fc1c(Cl)cc2c(c1-c1nnn(C(c3ccccc3)(c3ccccc3)c3ccccc3)n1)N(CCOCC1CC1)CCO2. The number of benzene rings is 4. The van der Waals surface area contributed by atoms with Crippen LogP contribution in [0.3, 0.4) is 0 Å². The number of ether oxygens (including phenoxy) is 2. The normalized spacial score (nSPS) is 14.8. The Kier molecular flexibility index (Phi) is 7.55. The molecule has 2 heterocycles. The van der Waals surface area contributed by atoms with E-state index in [1.54, 1.807) is 4.80 Å². The molecular formula is C34H31ClFN5O2. The van der Waals surface area contributed by atoms with Crippen LogP contribution in [0.1, 0.15) is 29.5 Å². The third-order valence-electron chi connectivity index (χ3n) is 8.16. The second kappa shape index (κ2) is 11.8. The van der Waals surface area contributed by atoms with Gasteiger partial charge in [0.1, 0.15) is 12.4 Å². The Morgan fingerprint density at radius 3 is 2.09 bits per heavy atom. The Morgan fingerprint density at radius 1 is 0.907 bits per heavy atom. The summed E-state index contributed by atoms with van der Waals surface area (Å²) in [6.45, 7) is 2.89. The van der Waals surface area contributed by atoms with Gasteiger partial charge in [0.05, 0.1) is 29.4 Å². The highest BCUT2D eigenvalue weighted by Crippen LogP contribution is 2.45. The van der Waals surface area contributed by atoms with Crippen molar-refractivity contribution in [1.82, 2.24) is 20.2 Å². The Morgan fingerprint density at radius 2 is 1.51 bits per heavy atom. The van der Waals surface area contributed by atoms with Gasteiger partial charge in [-0.15, -0.1) is 15.0 Å². The molecule has 5 aromatic rings. The van der Waals surface area contributed by atoms with E-state index in [9.17, 15) is 0 Å². The Balaban J connectivity index is 1.38. The average molecular weight is 596 g/mol. The topological polar surface area (TPSA) is 65.3 Å². The zero-order chi connectivity index (χ0) is 29.2. The lowest BCUT2D eigenvalue weighted by Gasteiger charge is -2.34. The molecule has 7 nitrogen and oxygen atoms in total. The summed E-state index contributed by atoms with van der Waals surface area (Å²) in [5.41, 5.74) is 2.54. The molecule has 0 bridgehead atoms. The number of hydrogen-bond acceptors (Lipinski definition) is 6. The van der Waals surface area contributed by atoms with Gasteiger partial charge in [-0.25, -0.2) is 4.39 Å². The summed E-state index contributed by atoms with van der Waals surface area (Å²) in [6, 6.07) is 31.6. The molecule has 43 heavy (non-hydrogen) atoms. The van der Waals surface area contributed by atoms with E-state index < -0.39 is 11.4 Å². The molecule has 0 saturated heterocycles. The van der Waals surface area contributed by atoms with Gasteiger partial charge in [-0.05, 0) is 40.7 Å². The van der Waals surface area contributed by atoms with E-state index in [0.29, 0.717) is 43.7 Å². The number of nitrogens with zero attached hydrogens (tertiary/aromatic N) is 5. The summed E-state index contributed by atoms with van der Waals surface area (Å²) >= 11 is 6.42. The first-order chi connectivity index (χ1) is 21.2. The van der Waals surface area contributed by atoms with Gasteiger partial charge in [0, 0.05) is 19.2 Å². The summed E-state index contributed by atoms with van der Waals surface area (Å²) in [6.07, 6.45) is 2.46. The van der Waals surface area contributed by atoms with Crippen LogP contribution in [0.25, 0.3) is 11.4 Å². The van der Waals surface area contributed by atoms with Gasteiger partial charge in [0.25, 0.3) is 0 Å². The Labute approximate surface area is 254 Å². The van der Waals surface area contributed by atoms with Crippen molar-refractivity contribution in [3.8, 4) is 17.1 Å². The molecule has 0 spiro atoms. The van der Waals surface area contributed by atoms with Crippen molar-refractivity contribution in [3.05, 3.63) is 125 Å². The summed E-state index contributed by atoms with van der Waals surface area (Å²) in [5.74, 6) is 0.672. The van der Waals surface area contributed by atoms with Crippen molar-refractivity contribution < 1.29 is 13.9 Å². The third-order valence-corrected chi connectivity index (χ3v) is 8.44. The Hall–Kier alpha value is -4.27. The second-order valence-corrected chi connectivity index (χ2v) is 11.4. The molecule has 1 aromatic heterocycles. The molecule has 2 aliphatic rings. The quantitative estimate of drug-likeness (QED) is 0.134. The van der Waals surface area contributed by atoms with Crippen LogP contribution >= 0.6 is 11.6 Å². The van der Waals surface area contributed by atoms with Crippen LogP contribution in [0.15, 0.2) is 97.1 Å². The molecule has 1 fully saturated rings. The van der Waals surface area contributed by atoms with Crippen LogP contribution in [-0.4, -0.2) is 53.1 Å². The molecule has 218 valence electrons. The van der Waals surface area contributed by atoms with E-state index >= 15 is 4.39 Å². The fourth-order valence-corrected chi connectivity index (χ4v) is 6.07. The molecule has 4 aromatic carbocycles. The fourth-order valence-electron chi connectivity index (χ4n) is 5.87. The molecule has 0 N–H and O–H groups in total. The standard InChI is InChI=1S/C34H31ClFN5O2/c35-28-22-29-32(40(19-21-43-29)18-20-42-23-24-16-17-24)30(31(28)36)33-37-39-41(38-33)34(25-10-4-1-5-11-25,26-12-6-2-7-13-26)27-14-8-3-9-15-27/h1-15,22,24H,16-21,23H2. The molecule has 7 rings (SSSR count). The number of anilines is 1. The minimum absolute atomic E-state index is 0.0580. The van der Waals surface area contributed by atoms with Gasteiger partial charge in [-0.1, -0.05) is 103 Å². The van der Waals surface area contributed by atoms with Gasteiger partial charge in [-0.3, -0.25) is 0 Å². The minimum Gasteiger partial charge on any atom is -0.489 e. The summed E-state index contributed by atoms with van der Waals surface area (Å²) in [4.78, 5) is 3.65. The Bertz CT molecular complexity index is 1600. The maximum atomic E-state index is 16.1. The molecule has 0 unspecified atom stereocenters. The number of hydrogen-bond donors (Lipinski definition) is 0. The lowest BCUT2D eigenvalue weighted by molar-refractivity contribution is 0.129. The molecule has 1 aliphatic carbocycles. The zero-order valence-corrected chi connectivity index (χ0v) is 24.3. The van der Waals surface area contributed by atoms with E-state index in [0.717, 1.165) is 23.3 Å². The number of rotatable bonds is 10. The number of tetrazole rings is 1. The highest BCUT2D eigenvalue weighted by atomic mass is 35.5. The number of fused-ring (bicyclic) bond motifs is 1. The summed E-state index contributed by atoms with van der Waals surface area (Å²) < 4.78 is 28.0. The van der Waals surface area contributed by atoms with Gasteiger partial charge in [-0.2, -0.15) is 0 Å². The fraction of sp³-hybridized carbons (Fsp3) is 0.265. The molecule has 1 aliphatic heterocycles. The lowest BCUT2D eigenvalue weighted by atomic mass is 9.77. The predicted octanol–water partition coefficient (Wildman–Crippen LogP) is 6.60. The zero-order valence-electron chi connectivity index (χ0n) is 23.6. The first-order valence-corrected chi connectivity index (χ1v) is 15.0. The van der Waals surface area contributed by atoms with Crippen LogP contribution in [0.2, 0.25) is 5.02 Å². The van der Waals surface area contributed by atoms with E-state index in [-0.39, 0.29) is 16.4 Å². The minimum atomic E-state index is -0.989. The first-order valence-electron chi connectivity index (χ1n) is 14.6. The smallest absolute Gasteiger partial charge is 0.210 e. The largest absolute Gasteiger partial charge is 0.489 e. The first kappa shape index (κ1) is 27.6. The van der Waals surface area contributed by atoms with Gasteiger partial charge in [0.2, 0.25) is 5.82 Å². The van der Waals surface area contributed by atoms with Crippen molar-refractivity contribution in [2.24, 2.45) is 5.92 Å². The summed E-state index contributed by atoms with van der Waals surface area (Å²) in [5, 5.41) is 14.0. The molecule has 9 heteroatoms. The van der Waals surface area contributed by atoms with Crippen molar-refractivity contribution in [2.75, 3.05) is 37.8 Å². The van der Waals surface area contributed by atoms with Crippen molar-refractivity contribution in [2.45, 2.75) is 18.4 Å². The predicted molar refractivity (Wildman–Crippen MR) is 164 cm³/mol. The van der Waals surface area contributed by atoms with Crippen LogP contribution in [0, 0.1) is 11.7 Å². The van der Waals surface area contributed by atoms with Crippen molar-refractivity contribution >= 4 is 17.3 Å². The maximum absolute atomic E-state index is 16.1. The highest BCUT2D eigenvalue weighted by molar-refractivity contribution is 6.31. The number of halogens is 2. The molecule has 1 saturated carbocycles. The van der Waals surface area contributed by atoms with Gasteiger partial charge < -0.3 is 14.4 Å². The highest BCUT2D eigenvalue weighted by Gasteiger charge is 2.42. The van der Waals surface area contributed by atoms with Gasteiger partial charge >= 0.3 is 0 Å². The molecule has 0 atom stereocenters. The van der Waals surface area contributed by atoms with Crippen molar-refractivity contribution in [1.29, 1.82) is 0 Å². The van der Waals surface area contributed by atoms with E-state index in [1.807, 2.05) is 91.0 Å². The van der Waals surface area contributed by atoms with Crippen LogP contribution < -0.4 is 9.64 Å². The molecule has 0 radical (unpaired) electrons. The van der Waals surface area contributed by atoms with E-state index in [1.165, 1.54) is 18.9 Å². The van der Waals surface area contributed by atoms with Crippen molar-refractivity contribution in [3.63, 3.8) is 0 Å². The van der Waals surface area contributed by atoms with Crippen LogP contribution in [-0.2, 0) is 10.3 Å². The van der Waals surface area contributed by atoms with Gasteiger partial charge in [0.15, 0.2) is 11.4 Å². The molecule has 0 amide bonds. The van der Waals surface area contributed by atoms with E-state index in [2.05, 4.69) is 15.2 Å². The second-order valence-electron chi connectivity index (χ2n) is 11.0.